The molecule has 2 aromatic carbocycles. The zero-order valence-corrected chi connectivity index (χ0v) is 15.8. The topological polar surface area (TPSA) is 62.1 Å². The molecule has 0 aromatic heterocycles. The highest BCUT2D eigenvalue weighted by atomic mass is 19.4. The number of hydrogen-bond acceptors (Lipinski definition) is 4. The third kappa shape index (κ3) is 4.42. The van der Waals surface area contributed by atoms with Crippen LogP contribution in [0.2, 0.25) is 0 Å². The number of carbonyl (C=O) groups excluding carboxylic acids is 1. The molecule has 0 saturated heterocycles. The molecule has 1 N–H and O–H groups in total. The largest absolute Gasteiger partial charge is 0.497 e. The number of nitrogens with zero attached hydrogens (tertiary/aromatic N) is 2. The Balaban J connectivity index is 1.80. The van der Waals surface area contributed by atoms with Gasteiger partial charge in [-0.25, -0.2) is 0 Å². The Morgan fingerprint density at radius 1 is 1.21 bits per heavy atom. The molecule has 0 fully saturated rings. The number of alkyl halides is 3. The minimum absolute atomic E-state index is 0.0277. The third-order valence-electron chi connectivity index (χ3n) is 4.78. The van der Waals surface area contributed by atoms with Crippen LogP contribution in [0.3, 0.4) is 0 Å². The number of benzene rings is 2. The van der Waals surface area contributed by atoms with Crippen LogP contribution in [0.5, 0.6) is 5.75 Å². The van der Waals surface area contributed by atoms with E-state index < -0.39 is 24.2 Å². The SMILES string of the molecule is COc1cccc(C2=NN(C(=O)CCCc3ccccc3)C(O)(C(F)(F)F)C2)c1. The van der Waals surface area contributed by atoms with Crippen LogP contribution in [-0.4, -0.2) is 40.7 Å². The maximum absolute atomic E-state index is 13.6. The molecule has 29 heavy (non-hydrogen) atoms. The molecule has 1 atom stereocenters. The lowest BCUT2D eigenvalue weighted by Gasteiger charge is -2.32. The van der Waals surface area contributed by atoms with E-state index in [-0.39, 0.29) is 17.1 Å². The summed E-state index contributed by atoms with van der Waals surface area (Å²) in [5, 5.41) is 14.4. The molecule has 154 valence electrons. The van der Waals surface area contributed by atoms with Gasteiger partial charge in [0, 0.05) is 12.0 Å². The fourth-order valence-electron chi connectivity index (χ4n) is 3.19. The van der Waals surface area contributed by atoms with E-state index in [1.807, 2.05) is 30.3 Å². The van der Waals surface area contributed by atoms with Crippen molar-refractivity contribution in [3.05, 3.63) is 65.7 Å². The Hall–Kier alpha value is -2.87. The Bertz CT molecular complexity index is 900. The van der Waals surface area contributed by atoms with Gasteiger partial charge in [-0.05, 0) is 30.5 Å². The van der Waals surface area contributed by atoms with Gasteiger partial charge in [0.2, 0.25) is 5.91 Å². The number of carbonyl (C=O) groups is 1. The molecule has 8 heteroatoms. The first-order chi connectivity index (χ1) is 13.7. The van der Waals surface area contributed by atoms with Crippen molar-refractivity contribution in [2.24, 2.45) is 5.10 Å². The second kappa shape index (κ2) is 8.24. The lowest BCUT2D eigenvalue weighted by Crippen LogP contribution is -2.56. The van der Waals surface area contributed by atoms with Gasteiger partial charge in [-0.15, -0.1) is 0 Å². The van der Waals surface area contributed by atoms with Crippen LogP contribution in [0.1, 0.15) is 30.4 Å². The summed E-state index contributed by atoms with van der Waals surface area (Å²) in [6.45, 7) is 0. The zero-order chi connectivity index (χ0) is 21.1. The summed E-state index contributed by atoms with van der Waals surface area (Å²) >= 11 is 0. The van der Waals surface area contributed by atoms with Gasteiger partial charge < -0.3 is 9.84 Å². The van der Waals surface area contributed by atoms with Crippen molar-refractivity contribution < 1.29 is 27.8 Å². The molecule has 0 aliphatic carbocycles. The van der Waals surface area contributed by atoms with Crippen LogP contribution in [-0.2, 0) is 11.2 Å². The lowest BCUT2D eigenvalue weighted by molar-refractivity contribution is -0.302. The average molecular weight is 406 g/mol. The maximum atomic E-state index is 13.6. The van der Waals surface area contributed by atoms with E-state index in [1.165, 1.54) is 13.2 Å². The van der Waals surface area contributed by atoms with Crippen molar-refractivity contribution in [3.8, 4) is 5.75 Å². The van der Waals surface area contributed by atoms with E-state index in [4.69, 9.17) is 4.74 Å². The summed E-state index contributed by atoms with van der Waals surface area (Å²) in [6.07, 6.45) is -5.17. The second-order valence-electron chi connectivity index (χ2n) is 6.81. The van der Waals surface area contributed by atoms with Crippen LogP contribution < -0.4 is 4.74 Å². The van der Waals surface area contributed by atoms with Crippen molar-refractivity contribution in [3.63, 3.8) is 0 Å². The molecule has 5 nitrogen and oxygen atoms in total. The van der Waals surface area contributed by atoms with E-state index >= 15 is 0 Å². The predicted molar refractivity (Wildman–Crippen MR) is 101 cm³/mol. The molecule has 0 saturated carbocycles. The number of aliphatic hydroxyl groups is 1. The van der Waals surface area contributed by atoms with Gasteiger partial charge in [0.1, 0.15) is 5.75 Å². The summed E-state index contributed by atoms with van der Waals surface area (Å²) in [6, 6.07) is 15.6. The summed E-state index contributed by atoms with van der Waals surface area (Å²) in [4.78, 5) is 12.5. The fourth-order valence-corrected chi connectivity index (χ4v) is 3.19. The van der Waals surface area contributed by atoms with E-state index in [0.717, 1.165) is 5.56 Å². The Morgan fingerprint density at radius 2 is 1.93 bits per heavy atom. The van der Waals surface area contributed by atoms with Crippen molar-refractivity contribution in [2.45, 2.75) is 37.6 Å². The molecule has 0 radical (unpaired) electrons. The molecule has 1 unspecified atom stereocenters. The first-order valence-corrected chi connectivity index (χ1v) is 9.12. The van der Waals surface area contributed by atoms with Gasteiger partial charge in [0.05, 0.1) is 19.2 Å². The van der Waals surface area contributed by atoms with Crippen LogP contribution >= 0.6 is 0 Å². The number of amides is 1. The average Bonchev–Trinajstić information content (AvgIpc) is 3.08. The first kappa shape index (κ1) is 20.9. The minimum Gasteiger partial charge on any atom is -0.497 e. The molecule has 2 aromatic rings. The van der Waals surface area contributed by atoms with Crippen molar-refractivity contribution in [1.29, 1.82) is 0 Å². The third-order valence-corrected chi connectivity index (χ3v) is 4.78. The highest BCUT2D eigenvalue weighted by molar-refractivity contribution is 6.03. The normalized spacial score (nSPS) is 19.2. The number of rotatable bonds is 6. The van der Waals surface area contributed by atoms with Gasteiger partial charge in [0.15, 0.2) is 0 Å². The molecular weight excluding hydrogens is 385 g/mol. The van der Waals surface area contributed by atoms with E-state index in [1.54, 1.807) is 18.2 Å². The molecular formula is C21H21F3N2O3. The number of ether oxygens (including phenoxy) is 1. The summed E-state index contributed by atoms with van der Waals surface area (Å²) < 4.78 is 46.0. The second-order valence-corrected chi connectivity index (χ2v) is 6.81. The monoisotopic (exact) mass is 406 g/mol. The van der Waals surface area contributed by atoms with Gasteiger partial charge in [-0.2, -0.15) is 23.3 Å². The highest BCUT2D eigenvalue weighted by Gasteiger charge is 2.63. The van der Waals surface area contributed by atoms with Gasteiger partial charge in [0.25, 0.3) is 5.72 Å². The molecule has 0 spiro atoms. The summed E-state index contributed by atoms with van der Waals surface area (Å²) in [5.74, 6) is -0.438. The van der Waals surface area contributed by atoms with Crippen LogP contribution in [0.25, 0.3) is 0 Å². The number of hydrazone groups is 1. The first-order valence-electron chi connectivity index (χ1n) is 9.12. The number of aryl methyl sites for hydroxylation is 1. The quantitative estimate of drug-likeness (QED) is 0.791. The molecule has 1 aliphatic heterocycles. The Labute approximate surface area is 166 Å². The Kier molecular flexibility index (Phi) is 5.93. The number of hydrogen-bond donors (Lipinski definition) is 1. The molecule has 3 rings (SSSR count). The molecule has 1 heterocycles. The van der Waals surface area contributed by atoms with Crippen LogP contribution in [0, 0.1) is 0 Å². The summed E-state index contributed by atoms with van der Waals surface area (Å²) in [5.41, 5.74) is -2.06. The number of methoxy groups -OCH3 is 1. The highest BCUT2D eigenvalue weighted by Crippen LogP contribution is 2.41. The van der Waals surface area contributed by atoms with Crippen molar-refractivity contribution in [1.82, 2.24) is 5.01 Å². The fraction of sp³-hybridized carbons (Fsp3) is 0.333. The standard InChI is InChI=1S/C21H21F3N2O3/c1-29-17-11-6-10-16(13-17)18-14-20(28,21(22,23)24)26(25-18)19(27)12-5-9-15-7-3-2-4-8-15/h2-4,6-8,10-11,13,28H,5,9,12,14H2,1H3. The van der Waals surface area contributed by atoms with E-state index in [2.05, 4.69) is 5.10 Å². The minimum atomic E-state index is -5.05. The van der Waals surface area contributed by atoms with Crippen LogP contribution in [0.15, 0.2) is 59.7 Å². The molecule has 1 aliphatic rings. The van der Waals surface area contributed by atoms with E-state index in [9.17, 15) is 23.1 Å². The van der Waals surface area contributed by atoms with Crippen molar-refractivity contribution in [2.75, 3.05) is 7.11 Å². The van der Waals surface area contributed by atoms with E-state index in [0.29, 0.717) is 24.2 Å². The summed E-state index contributed by atoms with van der Waals surface area (Å²) in [7, 11) is 1.43. The molecule has 1 amide bonds. The van der Waals surface area contributed by atoms with Crippen LogP contribution in [0.4, 0.5) is 13.2 Å². The molecule has 0 bridgehead atoms. The predicted octanol–water partition coefficient (Wildman–Crippen LogP) is 3.91. The lowest BCUT2D eigenvalue weighted by atomic mass is 10.0. The zero-order valence-electron chi connectivity index (χ0n) is 15.8. The van der Waals surface area contributed by atoms with Gasteiger partial charge >= 0.3 is 6.18 Å². The van der Waals surface area contributed by atoms with Gasteiger partial charge in [-0.1, -0.05) is 42.5 Å². The smallest absolute Gasteiger partial charge is 0.438 e. The van der Waals surface area contributed by atoms with Crippen molar-refractivity contribution >= 4 is 11.6 Å². The van der Waals surface area contributed by atoms with Gasteiger partial charge in [-0.3, -0.25) is 4.79 Å². The Morgan fingerprint density at radius 3 is 2.59 bits per heavy atom. The maximum Gasteiger partial charge on any atom is 0.438 e. The number of halogens is 3.